The predicted octanol–water partition coefficient (Wildman–Crippen LogP) is 5.50. The van der Waals surface area contributed by atoms with Gasteiger partial charge in [-0.25, -0.2) is 0 Å². The maximum absolute atomic E-state index is 10.6. The lowest BCUT2D eigenvalue weighted by Crippen LogP contribution is -2.37. The van der Waals surface area contributed by atoms with Gasteiger partial charge >= 0.3 is 0 Å². The number of hydrogen-bond acceptors (Lipinski definition) is 1. The second-order valence-corrected chi connectivity index (χ2v) is 8.41. The van der Waals surface area contributed by atoms with Crippen LogP contribution in [0.3, 0.4) is 0 Å². The van der Waals surface area contributed by atoms with Crippen molar-refractivity contribution in [1.82, 2.24) is 0 Å². The number of fused-ring (bicyclic) bond motifs is 1. The van der Waals surface area contributed by atoms with Crippen LogP contribution in [0.5, 0.6) is 0 Å². The van der Waals surface area contributed by atoms with E-state index in [1.165, 1.54) is 37.7 Å². The Labute approximate surface area is 131 Å². The lowest BCUT2D eigenvalue weighted by atomic mass is 9.70. The molecule has 1 heteroatoms. The summed E-state index contributed by atoms with van der Waals surface area (Å²) in [6.45, 7) is 11.0. The van der Waals surface area contributed by atoms with E-state index in [0.717, 1.165) is 6.42 Å². The molecule has 0 radical (unpaired) electrons. The van der Waals surface area contributed by atoms with E-state index in [1.807, 2.05) is 13.8 Å². The highest BCUT2D eigenvalue weighted by molar-refractivity contribution is 5.11. The molecule has 1 fully saturated rings. The van der Waals surface area contributed by atoms with Crippen molar-refractivity contribution in [1.29, 1.82) is 0 Å². The highest BCUT2D eigenvalue weighted by Crippen LogP contribution is 2.53. The van der Waals surface area contributed by atoms with Crippen LogP contribution in [0.1, 0.15) is 73.1 Å². The van der Waals surface area contributed by atoms with Crippen molar-refractivity contribution in [2.45, 2.75) is 78.7 Å². The topological polar surface area (TPSA) is 20.2 Å². The van der Waals surface area contributed by atoms with E-state index in [2.05, 4.69) is 39.0 Å². The molecule has 0 unspecified atom stereocenters. The maximum Gasteiger partial charge on any atom is 0.0622 e. The van der Waals surface area contributed by atoms with E-state index in [0.29, 0.717) is 17.8 Å². The van der Waals surface area contributed by atoms with Gasteiger partial charge in [-0.3, -0.25) is 0 Å². The summed E-state index contributed by atoms with van der Waals surface area (Å²) in [5.41, 5.74) is 1.25. The average molecular weight is 290 g/mol. The first-order valence-corrected chi connectivity index (χ1v) is 8.80. The summed E-state index contributed by atoms with van der Waals surface area (Å²) >= 11 is 0. The van der Waals surface area contributed by atoms with Crippen molar-refractivity contribution in [2.24, 2.45) is 23.2 Å². The molecule has 0 saturated heterocycles. The molecule has 0 aromatic rings. The van der Waals surface area contributed by atoms with Crippen molar-refractivity contribution < 1.29 is 5.11 Å². The molecule has 21 heavy (non-hydrogen) atoms. The number of hydrogen-bond donors (Lipinski definition) is 1. The predicted molar refractivity (Wildman–Crippen MR) is 91.1 cm³/mol. The Kier molecular flexibility index (Phi) is 5.03. The smallest absolute Gasteiger partial charge is 0.0622 e. The van der Waals surface area contributed by atoms with Crippen LogP contribution < -0.4 is 0 Å². The molecule has 0 bridgehead atoms. The van der Waals surface area contributed by atoms with Crippen molar-refractivity contribution >= 4 is 0 Å². The molecule has 1 nitrogen and oxygen atoms in total. The Balaban J connectivity index is 2.29. The number of aliphatic hydroxyl groups is 1. The zero-order valence-electron chi connectivity index (χ0n) is 14.7. The fourth-order valence-corrected chi connectivity index (χ4v) is 4.45. The van der Waals surface area contributed by atoms with Crippen LogP contribution in [0, 0.1) is 23.2 Å². The minimum atomic E-state index is -0.556. The van der Waals surface area contributed by atoms with Gasteiger partial charge in [0.2, 0.25) is 0 Å². The van der Waals surface area contributed by atoms with Crippen molar-refractivity contribution in [3.63, 3.8) is 0 Å². The number of allylic oxidation sites excluding steroid dienone is 4. The average Bonchev–Trinajstić information content (AvgIpc) is 2.70. The Morgan fingerprint density at radius 1 is 1.24 bits per heavy atom. The third-order valence-electron chi connectivity index (χ3n) is 6.00. The molecule has 0 amide bonds. The maximum atomic E-state index is 10.6. The van der Waals surface area contributed by atoms with Gasteiger partial charge in [-0.05, 0) is 82.5 Å². The summed E-state index contributed by atoms with van der Waals surface area (Å²) in [5.74, 6) is 1.68. The molecule has 120 valence electrons. The second kappa shape index (κ2) is 6.28. The van der Waals surface area contributed by atoms with Crippen LogP contribution in [-0.2, 0) is 0 Å². The molecule has 2 rings (SSSR count). The highest BCUT2D eigenvalue weighted by Gasteiger charge is 2.48. The van der Waals surface area contributed by atoms with Gasteiger partial charge in [0.05, 0.1) is 5.60 Å². The van der Waals surface area contributed by atoms with Crippen LogP contribution >= 0.6 is 0 Å². The molecule has 2 aliphatic carbocycles. The summed E-state index contributed by atoms with van der Waals surface area (Å²) in [7, 11) is 0. The molecule has 0 aliphatic heterocycles. The fourth-order valence-electron chi connectivity index (χ4n) is 4.45. The first kappa shape index (κ1) is 16.8. The highest BCUT2D eigenvalue weighted by atomic mass is 16.3. The van der Waals surface area contributed by atoms with Gasteiger partial charge < -0.3 is 5.11 Å². The van der Waals surface area contributed by atoms with E-state index in [4.69, 9.17) is 0 Å². The fraction of sp³-hybridized carbons (Fsp3) is 0.800. The van der Waals surface area contributed by atoms with Gasteiger partial charge in [-0.15, -0.1) is 0 Å². The van der Waals surface area contributed by atoms with E-state index >= 15 is 0 Å². The molecular weight excluding hydrogens is 256 g/mol. The molecule has 0 aromatic carbocycles. The van der Waals surface area contributed by atoms with E-state index in [-0.39, 0.29) is 5.41 Å². The normalized spacial score (nSPS) is 42.6. The van der Waals surface area contributed by atoms with Crippen LogP contribution in [-0.4, -0.2) is 10.7 Å². The summed E-state index contributed by atoms with van der Waals surface area (Å²) in [6, 6.07) is 0. The monoisotopic (exact) mass is 290 g/mol. The lowest BCUT2D eigenvalue weighted by molar-refractivity contribution is -0.0114. The van der Waals surface area contributed by atoms with Crippen LogP contribution in [0.25, 0.3) is 0 Å². The zero-order chi connectivity index (χ0) is 15.7. The van der Waals surface area contributed by atoms with Crippen molar-refractivity contribution in [3.8, 4) is 0 Å². The molecule has 4 atom stereocenters. The Hall–Kier alpha value is -0.560. The van der Waals surface area contributed by atoms with Crippen LogP contribution in [0.2, 0.25) is 0 Å². The summed E-state index contributed by atoms with van der Waals surface area (Å²) < 4.78 is 0. The second-order valence-electron chi connectivity index (χ2n) is 8.41. The molecule has 1 N–H and O–H groups in total. The molecule has 0 spiro atoms. The minimum absolute atomic E-state index is 0.267. The third kappa shape index (κ3) is 4.00. The van der Waals surface area contributed by atoms with Crippen molar-refractivity contribution in [2.75, 3.05) is 0 Å². The van der Waals surface area contributed by atoms with Gasteiger partial charge in [0.1, 0.15) is 0 Å². The molecule has 1 saturated carbocycles. The Morgan fingerprint density at radius 3 is 2.62 bits per heavy atom. The lowest BCUT2D eigenvalue weighted by Gasteiger charge is -2.37. The standard InChI is InChI=1S/C20H34O/c1-15-7-6-8-16(2)11-13-20(5)14-12-17(19(3,4)21)18(20)10-9-15/h7,11,13,16-18,21H,6,8-10,12,14H2,1-5H3/b13-11+,15-7+/t16-,17+,18-,20-/m0/s1. The van der Waals surface area contributed by atoms with Gasteiger partial charge in [-0.2, -0.15) is 0 Å². The summed E-state index contributed by atoms with van der Waals surface area (Å²) in [4.78, 5) is 0. The van der Waals surface area contributed by atoms with Crippen LogP contribution in [0.4, 0.5) is 0 Å². The molecule has 2 aliphatic rings. The van der Waals surface area contributed by atoms with Crippen LogP contribution in [0.15, 0.2) is 23.8 Å². The molecular formula is C20H34O. The Bertz CT molecular complexity index is 412. The largest absolute Gasteiger partial charge is 0.390 e. The van der Waals surface area contributed by atoms with Gasteiger partial charge in [0, 0.05) is 0 Å². The van der Waals surface area contributed by atoms with Gasteiger partial charge in [-0.1, -0.05) is 37.6 Å². The van der Waals surface area contributed by atoms with E-state index in [1.54, 1.807) is 0 Å². The van der Waals surface area contributed by atoms with Gasteiger partial charge in [0.25, 0.3) is 0 Å². The van der Waals surface area contributed by atoms with Crippen molar-refractivity contribution in [3.05, 3.63) is 23.8 Å². The zero-order valence-corrected chi connectivity index (χ0v) is 14.7. The first-order valence-electron chi connectivity index (χ1n) is 8.80. The summed E-state index contributed by atoms with van der Waals surface area (Å²) in [5, 5.41) is 10.6. The SMILES string of the molecule is C/C1=C\CC[C@H](C)/C=C/[C@@]2(C)CC[C@@H](C(C)(C)O)[C@@H]2CC1. The first-order chi connectivity index (χ1) is 9.72. The van der Waals surface area contributed by atoms with E-state index in [9.17, 15) is 5.11 Å². The summed E-state index contributed by atoms with van der Waals surface area (Å²) in [6.07, 6.45) is 14.6. The quantitative estimate of drug-likeness (QED) is 0.632. The molecule has 0 aromatic heterocycles. The van der Waals surface area contributed by atoms with Gasteiger partial charge in [0.15, 0.2) is 0 Å². The van der Waals surface area contributed by atoms with E-state index < -0.39 is 5.60 Å². The minimum Gasteiger partial charge on any atom is -0.390 e. The molecule has 0 heterocycles. The number of rotatable bonds is 1. The third-order valence-corrected chi connectivity index (χ3v) is 6.00. The Morgan fingerprint density at radius 2 is 1.95 bits per heavy atom.